The van der Waals surface area contributed by atoms with Crippen LogP contribution in [0.5, 0.6) is 11.5 Å². The van der Waals surface area contributed by atoms with E-state index in [2.05, 4.69) is 4.74 Å². The molecule has 0 bridgehead atoms. The number of hydrogen-bond donors (Lipinski definition) is 2. The number of phenols is 1. The summed E-state index contributed by atoms with van der Waals surface area (Å²) in [7, 11) is 1.11. The third-order valence-corrected chi connectivity index (χ3v) is 2.91. The minimum absolute atomic E-state index is 0. The topological polar surface area (TPSA) is 111 Å². The SMILES string of the molecule is COc1cc([N+](=O)[O-])cc([C@@H]2NC(=O)OCC2(F)F)c1O.Cl. The molecule has 0 saturated carbocycles. The van der Waals surface area contributed by atoms with E-state index in [-0.39, 0.29) is 18.2 Å². The molecule has 122 valence electrons. The molecule has 0 spiro atoms. The lowest BCUT2D eigenvalue weighted by Gasteiger charge is -2.32. The van der Waals surface area contributed by atoms with Gasteiger partial charge in [0.25, 0.3) is 5.69 Å². The Morgan fingerprint density at radius 2 is 2.18 bits per heavy atom. The lowest BCUT2D eigenvalue weighted by atomic mass is 9.98. The van der Waals surface area contributed by atoms with Gasteiger partial charge in [-0.05, 0) is 0 Å². The summed E-state index contributed by atoms with van der Waals surface area (Å²) in [5.74, 6) is -4.61. The monoisotopic (exact) mass is 340 g/mol. The van der Waals surface area contributed by atoms with Gasteiger partial charge in [0, 0.05) is 11.6 Å². The molecular weight excluding hydrogens is 330 g/mol. The van der Waals surface area contributed by atoms with Crippen LogP contribution in [-0.4, -0.2) is 35.8 Å². The molecule has 1 aromatic rings. The van der Waals surface area contributed by atoms with E-state index in [0.717, 1.165) is 19.2 Å². The van der Waals surface area contributed by atoms with Crippen LogP contribution >= 0.6 is 12.4 Å². The van der Waals surface area contributed by atoms with Crippen molar-refractivity contribution in [1.29, 1.82) is 0 Å². The van der Waals surface area contributed by atoms with E-state index >= 15 is 0 Å². The number of rotatable bonds is 3. The number of ether oxygens (including phenoxy) is 2. The number of carbonyl (C=O) groups is 1. The second-order valence-electron chi connectivity index (χ2n) is 4.26. The highest BCUT2D eigenvalue weighted by Gasteiger charge is 2.48. The Kier molecular flexibility index (Phi) is 4.97. The van der Waals surface area contributed by atoms with E-state index in [1.807, 2.05) is 5.32 Å². The van der Waals surface area contributed by atoms with Crippen molar-refractivity contribution in [3.8, 4) is 11.5 Å². The molecule has 2 rings (SSSR count). The number of methoxy groups -OCH3 is 1. The van der Waals surface area contributed by atoms with Gasteiger partial charge in [0.15, 0.2) is 18.1 Å². The zero-order valence-corrected chi connectivity index (χ0v) is 11.9. The van der Waals surface area contributed by atoms with Crippen molar-refractivity contribution in [2.24, 2.45) is 0 Å². The highest BCUT2D eigenvalue weighted by atomic mass is 35.5. The third kappa shape index (κ3) is 3.11. The summed E-state index contributed by atoms with van der Waals surface area (Å²) in [5.41, 5.74) is -1.08. The van der Waals surface area contributed by atoms with Crippen LogP contribution in [0.4, 0.5) is 19.3 Å². The number of hydrogen-bond acceptors (Lipinski definition) is 6. The summed E-state index contributed by atoms with van der Waals surface area (Å²) in [6, 6.07) is -0.326. The Morgan fingerprint density at radius 1 is 1.55 bits per heavy atom. The summed E-state index contributed by atoms with van der Waals surface area (Å²) >= 11 is 0. The van der Waals surface area contributed by atoms with Crippen molar-refractivity contribution in [2.45, 2.75) is 12.0 Å². The van der Waals surface area contributed by atoms with E-state index in [9.17, 15) is 28.8 Å². The predicted molar refractivity (Wildman–Crippen MR) is 70.7 cm³/mol. The highest BCUT2D eigenvalue weighted by molar-refractivity contribution is 5.85. The van der Waals surface area contributed by atoms with Crippen LogP contribution in [-0.2, 0) is 4.74 Å². The predicted octanol–water partition coefficient (Wildman–Crippen LogP) is 2.15. The maximum atomic E-state index is 13.8. The minimum atomic E-state index is -3.55. The fraction of sp³-hybridized carbons (Fsp3) is 0.364. The number of halogens is 3. The molecule has 1 aromatic carbocycles. The Labute approximate surface area is 128 Å². The summed E-state index contributed by atoms with van der Waals surface area (Å²) in [6.45, 7) is -1.20. The molecule has 1 amide bonds. The van der Waals surface area contributed by atoms with E-state index in [0.29, 0.717) is 0 Å². The van der Waals surface area contributed by atoms with Crippen LogP contribution < -0.4 is 10.1 Å². The van der Waals surface area contributed by atoms with Gasteiger partial charge in [-0.15, -0.1) is 12.4 Å². The summed E-state index contributed by atoms with van der Waals surface area (Å²) in [5, 5.41) is 22.5. The maximum Gasteiger partial charge on any atom is 0.408 e. The van der Waals surface area contributed by atoms with Gasteiger partial charge in [-0.2, -0.15) is 0 Å². The summed E-state index contributed by atoms with van der Waals surface area (Å²) in [4.78, 5) is 21.1. The number of nitrogens with zero attached hydrogens (tertiary/aromatic N) is 1. The zero-order valence-electron chi connectivity index (χ0n) is 11.0. The van der Waals surface area contributed by atoms with Crippen molar-refractivity contribution in [1.82, 2.24) is 5.32 Å². The van der Waals surface area contributed by atoms with Crippen molar-refractivity contribution >= 4 is 24.2 Å². The average Bonchev–Trinajstić information content (AvgIpc) is 2.42. The quantitative estimate of drug-likeness (QED) is 0.644. The van der Waals surface area contributed by atoms with Crippen LogP contribution in [0.15, 0.2) is 12.1 Å². The number of carbonyl (C=O) groups excluding carboxylic acids is 1. The van der Waals surface area contributed by atoms with E-state index in [1.165, 1.54) is 0 Å². The minimum Gasteiger partial charge on any atom is -0.504 e. The van der Waals surface area contributed by atoms with Gasteiger partial charge < -0.3 is 19.9 Å². The molecule has 1 heterocycles. The summed E-state index contributed by atoms with van der Waals surface area (Å²) in [6.07, 6.45) is -1.12. The first-order valence-electron chi connectivity index (χ1n) is 5.62. The molecule has 1 aliphatic rings. The van der Waals surface area contributed by atoms with Gasteiger partial charge >= 0.3 is 12.0 Å². The third-order valence-electron chi connectivity index (χ3n) is 2.91. The normalized spacial score (nSPS) is 19.4. The lowest BCUT2D eigenvalue weighted by Crippen LogP contribution is -2.49. The number of phenolic OH excluding ortho intramolecular Hbond substituents is 1. The Morgan fingerprint density at radius 3 is 2.73 bits per heavy atom. The first-order valence-corrected chi connectivity index (χ1v) is 5.62. The number of nitro benzene ring substituents is 1. The molecule has 1 fully saturated rings. The van der Waals surface area contributed by atoms with E-state index in [4.69, 9.17) is 4.74 Å². The molecule has 0 unspecified atom stereocenters. The Hall–Kier alpha value is -2.36. The Bertz CT molecular complexity index is 612. The number of alkyl carbamates (subject to hydrolysis) is 1. The molecule has 8 nitrogen and oxygen atoms in total. The van der Waals surface area contributed by atoms with Crippen molar-refractivity contribution in [3.05, 3.63) is 27.8 Å². The number of nitrogens with one attached hydrogen (secondary N) is 1. The number of cyclic esters (lactones) is 1. The van der Waals surface area contributed by atoms with Crippen molar-refractivity contribution < 1.29 is 33.1 Å². The molecular formula is C11H11ClF2N2O6. The van der Waals surface area contributed by atoms with E-state index in [1.54, 1.807) is 0 Å². The first kappa shape index (κ1) is 17.7. The van der Waals surface area contributed by atoms with Gasteiger partial charge in [0.05, 0.1) is 18.1 Å². The van der Waals surface area contributed by atoms with E-state index < -0.39 is 46.6 Å². The molecule has 2 N–H and O–H groups in total. The number of non-ortho nitro benzene ring substituents is 1. The van der Waals surface area contributed by atoms with Gasteiger partial charge in [0.2, 0.25) is 0 Å². The van der Waals surface area contributed by atoms with Gasteiger partial charge in [0.1, 0.15) is 6.04 Å². The fourth-order valence-electron chi connectivity index (χ4n) is 1.91. The summed E-state index contributed by atoms with van der Waals surface area (Å²) < 4.78 is 36.5. The number of alkyl halides is 2. The largest absolute Gasteiger partial charge is 0.504 e. The molecule has 1 saturated heterocycles. The molecule has 22 heavy (non-hydrogen) atoms. The van der Waals surface area contributed by atoms with Crippen LogP contribution in [0.2, 0.25) is 0 Å². The van der Waals surface area contributed by atoms with Crippen LogP contribution in [0.3, 0.4) is 0 Å². The van der Waals surface area contributed by atoms with Crippen LogP contribution in [0.1, 0.15) is 11.6 Å². The van der Waals surface area contributed by atoms with Crippen molar-refractivity contribution in [2.75, 3.05) is 13.7 Å². The van der Waals surface area contributed by atoms with Gasteiger partial charge in [-0.3, -0.25) is 10.1 Å². The molecule has 11 heteroatoms. The molecule has 0 radical (unpaired) electrons. The zero-order chi connectivity index (χ0) is 15.8. The van der Waals surface area contributed by atoms with Crippen LogP contribution in [0, 0.1) is 10.1 Å². The number of amides is 1. The fourth-order valence-corrected chi connectivity index (χ4v) is 1.91. The maximum absolute atomic E-state index is 13.8. The highest BCUT2D eigenvalue weighted by Crippen LogP contribution is 2.43. The molecule has 1 aliphatic heterocycles. The first-order chi connectivity index (χ1) is 9.76. The number of nitro groups is 1. The lowest BCUT2D eigenvalue weighted by molar-refractivity contribution is -0.385. The molecule has 1 atom stereocenters. The van der Waals surface area contributed by atoms with Gasteiger partial charge in [-0.25, -0.2) is 13.6 Å². The molecule has 0 aromatic heterocycles. The number of benzene rings is 1. The smallest absolute Gasteiger partial charge is 0.408 e. The Balaban J connectivity index is 0.00000242. The standard InChI is InChI=1S/C11H10F2N2O6.ClH/c1-20-7-3-5(15(18)19)2-6(8(7)16)9-11(12,13)4-21-10(17)14-9;/h2-3,9,16H,4H2,1H3,(H,14,17);1H/t9-;/m0./s1. The van der Waals surface area contributed by atoms with Crippen molar-refractivity contribution in [3.63, 3.8) is 0 Å². The second kappa shape index (κ2) is 6.18. The molecule has 0 aliphatic carbocycles. The number of aromatic hydroxyl groups is 1. The second-order valence-corrected chi connectivity index (χ2v) is 4.26. The van der Waals surface area contributed by atoms with Crippen LogP contribution in [0.25, 0.3) is 0 Å². The van der Waals surface area contributed by atoms with Gasteiger partial charge in [-0.1, -0.05) is 0 Å². The average molecular weight is 341 g/mol.